The number of aliphatic carboxylic acids is 1. The molecule has 2 N–H and O–H groups in total. The van der Waals surface area contributed by atoms with Crippen LogP contribution in [0.3, 0.4) is 0 Å². The van der Waals surface area contributed by atoms with Crippen molar-refractivity contribution in [1.29, 1.82) is 0 Å². The van der Waals surface area contributed by atoms with Crippen molar-refractivity contribution in [2.24, 2.45) is 4.99 Å². The van der Waals surface area contributed by atoms with Crippen molar-refractivity contribution < 1.29 is 24.2 Å². The molecule has 0 saturated carbocycles. The van der Waals surface area contributed by atoms with Gasteiger partial charge in [-0.05, 0) is 19.1 Å². The molecule has 4 rings (SSSR count). The van der Waals surface area contributed by atoms with Crippen molar-refractivity contribution in [1.82, 2.24) is 20.4 Å². The molecule has 13 heteroatoms. The number of nitrogens with one attached hydrogen (secondary N) is 1. The van der Waals surface area contributed by atoms with Crippen molar-refractivity contribution in [3.63, 3.8) is 0 Å². The summed E-state index contributed by atoms with van der Waals surface area (Å²) in [4.78, 5) is 31.5. The number of halogens is 2. The number of benzene rings is 1. The fourth-order valence-corrected chi connectivity index (χ4v) is 4.78. The lowest BCUT2D eigenvalue weighted by molar-refractivity contribution is -0.149. The van der Waals surface area contributed by atoms with E-state index in [2.05, 4.69) is 15.5 Å². The molecule has 10 nitrogen and oxygen atoms in total. The highest BCUT2D eigenvalue weighted by Gasteiger charge is 2.37. The molecule has 1 aromatic heterocycles. The average Bonchev–Trinajstić information content (AvgIpc) is 3.34. The molecule has 1 fully saturated rings. The van der Waals surface area contributed by atoms with Crippen molar-refractivity contribution in [3.8, 4) is 0 Å². The van der Waals surface area contributed by atoms with Gasteiger partial charge in [-0.3, -0.25) is 14.7 Å². The number of rotatable bonds is 7. The van der Waals surface area contributed by atoms with Gasteiger partial charge in [0.15, 0.2) is 10.8 Å². The highest BCUT2D eigenvalue weighted by molar-refractivity contribution is 7.11. The molecule has 0 aliphatic carbocycles. The lowest BCUT2D eigenvalue weighted by atomic mass is 9.95. The van der Waals surface area contributed by atoms with E-state index in [0.29, 0.717) is 45.3 Å². The third-order valence-corrected chi connectivity index (χ3v) is 6.59. The summed E-state index contributed by atoms with van der Waals surface area (Å²) in [6, 6.07) is 3.24. The Labute approximate surface area is 209 Å². The second-order valence-electron chi connectivity index (χ2n) is 7.43. The molecule has 0 spiro atoms. The molecule has 0 amide bonds. The molecule has 0 radical (unpaired) electrons. The fraction of sp³-hybridized carbons (Fsp3) is 0.381. The number of hydrogen-bond donors (Lipinski definition) is 2. The minimum absolute atomic E-state index is 0.0428. The van der Waals surface area contributed by atoms with Gasteiger partial charge in [0.05, 0.1) is 25.4 Å². The maximum absolute atomic E-state index is 13.2. The Morgan fingerprint density at radius 3 is 2.88 bits per heavy atom. The van der Waals surface area contributed by atoms with Crippen LogP contribution < -0.4 is 5.32 Å². The van der Waals surface area contributed by atoms with Crippen LogP contribution in [0.25, 0.3) is 0 Å². The molecule has 1 aromatic carbocycles. The van der Waals surface area contributed by atoms with Gasteiger partial charge in [-0.15, -0.1) is 10.2 Å². The molecule has 34 heavy (non-hydrogen) atoms. The number of hydrogen-bond acceptors (Lipinski definition) is 10. The highest BCUT2D eigenvalue weighted by Crippen LogP contribution is 2.37. The fourth-order valence-electron chi connectivity index (χ4n) is 3.76. The van der Waals surface area contributed by atoms with Gasteiger partial charge in [-0.25, -0.2) is 4.79 Å². The summed E-state index contributed by atoms with van der Waals surface area (Å²) in [5, 5.41) is 22.1. The minimum Gasteiger partial charge on any atom is -0.480 e. The molecular formula is C21H21Cl2N5O5S. The number of morpholine rings is 1. The van der Waals surface area contributed by atoms with E-state index in [1.54, 1.807) is 35.5 Å². The zero-order valence-corrected chi connectivity index (χ0v) is 20.4. The van der Waals surface area contributed by atoms with Gasteiger partial charge < -0.3 is 19.9 Å². The largest absolute Gasteiger partial charge is 0.480 e. The normalized spacial score (nSPS) is 21.1. The lowest BCUT2D eigenvalue weighted by Gasteiger charge is -2.35. The van der Waals surface area contributed by atoms with Crippen LogP contribution in [-0.4, -0.2) is 76.9 Å². The van der Waals surface area contributed by atoms with Gasteiger partial charge in [0.1, 0.15) is 17.6 Å². The van der Waals surface area contributed by atoms with E-state index < -0.39 is 24.0 Å². The summed E-state index contributed by atoms with van der Waals surface area (Å²) in [5.41, 5.74) is 2.79. The smallest absolute Gasteiger partial charge is 0.338 e. The van der Waals surface area contributed by atoms with Crippen LogP contribution in [0.15, 0.2) is 40.0 Å². The molecule has 1 saturated heterocycles. The maximum atomic E-state index is 13.2. The quantitative estimate of drug-likeness (QED) is 0.524. The summed E-state index contributed by atoms with van der Waals surface area (Å²) in [6.45, 7) is 2.76. The van der Waals surface area contributed by atoms with Crippen LogP contribution in [-0.2, 0) is 19.1 Å². The average molecular weight is 526 g/mol. The Morgan fingerprint density at radius 2 is 2.21 bits per heavy atom. The molecule has 2 atom stereocenters. The van der Waals surface area contributed by atoms with Crippen LogP contribution in [0.4, 0.5) is 0 Å². The van der Waals surface area contributed by atoms with Crippen LogP contribution in [0.1, 0.15) is 23.5 Å². The number of aromatic nitrogens is 2. The first-order valence-electron chi connectivity index (χ1n) is 10.4. The number of amidine groups is 1. The second kappa shape index (κ2) is 10.8. The van der Waals surface area contributed by atoms with E-state index in [4.69, 9.17) is 37.7 Å². The molecule has 0 bridgehead atoms. The maximum Gasteiger partial charge on any atom is 0.338 e. The van der Waals surface area contributed by atoms with Crippen LogP contribution in [0.5, 0.6) is 0 Å². The number of ether oxygens (including phenoxy) is 2. The standard InChI is InChI=1S/C21H21Cl2N5O5S/c1-2-33-21(31)16-14(8-28-5-6-32-9-15(28)20(29)30)25-18(19-27-24-10-34-19)26-17(16)12-4-3-11(22)7-13(12)23/h3-4,7,10,15,17H,2,5-6,8-9H2,1H3,(H,25,26)(H,29,30). The van der Waals surface area contributed by atoms with Gasteiger partial charge in [-0.2, -0.15) is 0 Å². The number of carboxylic acid groups (broad SMARTS) is 1. The zero-order chi connectivity index (χ0) is 24.2. The third-order valence-electron chi connectivity index (χ3n) is 5.33. The Morgan fingerprint density at radius 1 is 1.38 bits per heavy atom. The zero-order valence-electron chi connectivity index (χ0n) is 18.0. The Balaban J connectivity index is 1.83. The van der Waals surface area contributed by atoms with Crippen molar-refractivity contribution in [3.05, 3.63) is 55.6 Å². The summed E-state index contributed by atoms with van der Waals surface area (Å²) < 4.78 is 10.7. The van der Waals surface area contributed by atoms with Crippen LogP contribution >= 0.6 is 34.5 Å². The van der Waals surface area contributed by atoms with Gasteiger partial charge in [0, 0.05) is 34.4 Å². The van der Waals surface area contributed by atoms with Crippen LogP contribution in [0.2, 0.25) is 10.0 Å². The topological polar surface area (TPSA) is 126 Å². The predicted octanol–water partition coefficient (Wildman–Crippen LogP) is 2.54. The molecule has 2 aromatic rings. The van der Waals surface area contributed by atoms with E-state index in [1.165, 1.54) is 11.3 Å². The van der Waals surface area contributed by atoms with Gasteiger partial charge in [0.2, 0.25) is 0 Å². The summed E-state index contributed by atoms with van der Waals surface area (Å²) >= 11 is 13.9. The number of carboxylic acids is 1. The minimum atomic E-state index is -1.01. The van der Waals surface area contributed by atoms with Crippen molar-refractivity contribution >= 4 is 52.3 Å². The SMILES string of the molecule is CCOC(=O)C1=C(CN2CCOCC2C(=O)O)NC(c2nncs2)=NC1c1ccc(Cl)cc1Cl. The monoisotopic (exact) mass is 525 g/mol. The number of carbonyl (C=O) groups is 2. The first kappa shape index (κ1) is 24.6. The number of carbonyl (C=O) groups excluding carboxylic acids is 1. The van der Waals surface area contributed by atoms with E-state index in [-0.39, 0.29) is 25.3 Å². The van der Waals surface area contributed by atoms with E-state index in [9.17, 15) is 14.7 Å². The van der Waals surface area contributed by atoms with Gasteiger partial charge in [-0.1, -0.05) is 40.6 Å². The van der Waals surface area contributed by atoms with Gasteiger partial charge >= 0.3 is 11.9 Å². The van der Waals surface area contributed by atoms with E-state index >= 15 is 0 Å². The summed E-state index contributed by atoms with van der Waals surface area (Å²) in [6.07, 6.45) is 0. The number of nitrogens with zero attached hydrogens (tertiary/aromatic N) is 4. The highest BCUT2D eigenvalue weighted by atomic mass is 35.5. The first-order valence-corrected chi connectivity index (χ1v) is 12.0. The first-order chi connectivity index (χ1) is 16.4. The molecule has 2 aliphatic rings. The predicted molar refractivity (Wildman–Crippen MR) is 126 cm³/mol. The molecule has 2 aliphatic heterocycles. The van der Waals surface area contributed by atoms with E-state index in [0.717, 1.165) is 0 Å². The Hall–Kier alpha value is -2.57. The third kappa shape index (κ3) is 5.23. The van der Waals surface area contributed by atoms with Crippen molar-refractivity contribution in [2.75, 3.05) is 32.9 Å². The molecule has 3 heterocycles. The van der Waals surface area contributed by atoms with Crippen molar-refractivity contribution in [2.45, 2.75) is 19.0 Å². The summed E-state index contributed by atoms with van der Waals surface area (Å²) in [7, 11) is 0. The van der Waals surface area contributed by atoms with Gasteiger partial charge in [0.25, 0.3) is 0 Å². The molecule has 180 valence electrons. The van der Waals surface area contributed by atoms with Crippen LogP contribution in [0, 0.1) is 0 Å². The molecule has 2 unspecified atom stereocenters. The number of aliphatic imine (C=N–C) groups is 1. The Kier molecular flexibility index (Phi) is 7.79. The Bertz CT molecular complexity index is 1140. The molecular weight excluding hydrogens is 505 g/mol. The lowest BCUT2D eigenvalue weighted by Crippen LogP contribution is -2.52. The van der Waals surface area contributed by atoms with E-state index in [1.807, 2.05) is 0 Å². The number of esters is 1. The second-order valence-corrected chi connectivity index (χ2v) is 9.10. The summed E-state index contributed by atoms with van der Waals surface area (Å²) in [5.74, 6) is -1.20.